The topological polar surface area (TPSA) is 59.6 Å². The average molecular weight is 343 g/mol. The smallest absolute Gasteiger partial charge is 0.407 e. The first-order valence-corrected chi connectivity index (χ1v) is 7.43. The number of hydrogen-bond acceptors (Lipinski definition) is 4. The standard InChI is InChI=1S/C14H19BrN2O3/c1-9(2)16-6-10-4-3-5-12(15)13(10)19-8-11-7-17-14(18)20-11/h3-5,9,11,16H,6-8H2,1-2H3,(H,17,18). The van der Waals surface area contributed by atoms with Crippen molar-refractivity contribution in [2.75, 3.05) is 13.2 Å². The van der Waals surface area contributed by atoms with Crippen molar-refractivity contribution in [2.24, 2.45) is 0 Å². The third-order valence-corrected chi connectivity index (χ3v) is 3.54. The largest absolute Gasteiger partial charge is 0.488 e. The molecule has 0 aliphatic carbocycles. The van der Waals surface area contributed by atoms with Crippen molar-refractivity contribution in [3.63, 3.8) is 0 Å². The van der Waals surface area contributed by atoms with Crippen molar-refractivity contribution in [1.29, 1.82) is 0 Å². The van der Waals surface area contributed by atoms with Gasteiger partial charge in [0, 0.05) is 18.2 Å². The zero-order chi connectivity index (χ0) is 14.5. The van der Waals surface area contributed by atoms with Crippen molar-refractivity contribution in [2.45, 2.75) is 32.5 Å². The van der Waals surface area contributed by atoms with Crippen LogP contribution in [0.2, 0.25) is 0 Å². The third kappa shape index (κ3) is 4.11. The fourth-order valence-corrected chi connectivity index (χ4v) is 2.39. The van der Waals surface area contributed by atoms with E-state index in [9.17, 15) is 4.79 Å². The molecule has 1 fully saturated rings. The van der Waals surface area contributed by atoms with Crippen LogP contribution in [-0.4, -0.2) is 31.4 Å². The van der Waals surface area contributed by atoms with Gasteiger partial charge < -0.3 is 20.1 Å². The van der Waals surface area contributed by atoms with Crippen LogP contribution in [0.15, 0.2) is 22.7 Å². The molecular weight excluding hydrogens is 324 g/mol. The number of carbonyl (C=O) groups is 1. The van der Waals surface area contributed by atoms with Crippen LogP contribution < -0.4 is 15.4 Å². The molecule has 0 aromatic heterocycles. The summed E-state index contributed by atoms with van der Waals surface area (Å²) in [5, 5.41) is 5.98. The van der Waals surface area contributed by atoms with E-state index < -0.39 is 0 Å². The summed E-state index contributed by atoms with van der Waals surface area (Å²) < 4.78 is 11.8. The second kappa shape index (κ2) is 6.95. The first-order chi connectivity index (χ1) is 9.56. The van der Waals surface area contributed by atoms with Crippen molar-refractivity contribution in [1.82, 2.24) is 10.6 Å². The molecule has 1 unspecified atom stereocenters. The van der Waals surface area contributed by atoms with Gasteiger partial charge in [0.15, 0.2) is 6.10 Å². The zero-order valence-electron chi connectivity index (χ0n) is 11.6. The molecule has 1 aliphatic rings. The minimum absolute atomic E-state index is 0.236. The Morgan fingerprint density at radius 3 is 3.00 bits per heavy atom. The Morgan fingerprint density at radius 1 is 1.55 bits per heavy atom. The van der Waals surface area contributed by atoms with Gasteiger partial charge in [-0.3, -0.25) is 0 Å². The predicted octanol–water partition coefficient (Wildman–Crippen LogP) is 2.43. The number of nitrogens with one attached hydrogen (secondary N) is 2. The van der Waals surface area contributed by atoms with Crippen molar-refractivity contribution >= 4 is 22.0 Å². The highest BCUT2D eigenvalue weighted by Crippen LogP contribution is 2.29. The maximum absolute atomic E-state index is 11.0. The van der Waals surface area contributed by atoms with Crippen molar-refractivity contribution in [3.05, 3.63) is 28.2 Å². The van der Waals surface area contributed by atoms with E-state index in [0.29, 0.717) is 19.2 Å². The van der Waals surface area contributed by atoms with E-state index >= 15 is 0 Å². The van der Waals surface area contributed by atoms with Crippen LogP contribution in [0, 0.1) is 0 Å². The average Bonchev–Trinajstić information content (AvgIpc) is 2.81. The Hall–Kier alpha value is -1.27. The van der Waals surface area contributed by atoms with Crippen LogP contribution in [0.4, 0.5) is 4.79 Å². The summed E-state index contributed by atoms with van der Waals surface area (Å²) in [7, 11) is 0. The summed E-state index contributed by atoms with van der Waals surface area (Å²) in [6, 6.07) is 6.34. The maximum Gasteiger partial charge on any atom is 0.407 e. The Bertz CT molecular complexity index is 479. The molecule has 1 aliphatic heterocycles. The van der Waals surface area contributed by atoms with Gasteiger partial charge in [0.25, 0.3) is 0 Å². The molecule has 2 rings (SSSR count). The van der Waals surface area contributed by atoms with Crippen LogP contribution in [0.3, 0.4) is 0 Å². The van der Waals surface area contributed by atoms with E-state index in [1.54, 1.807) is 0 Å². The molecule has 1 aromatic carbocycles. The Balaban J connectivity index is 1.99. The number of halogens is 1. The Kier molecular flexibility index (Phi) is 5.25. The molecule has 0 saturated carbocycles. The second-order valence-corrected chi connectivity index (χ2v) is 5.84. The normalized spacial score (nSPS) is 18.0. The van der Waals surface area contributed by atoms with Gasteiger partial charge in [0.2, 0.25) is 0 Å². The number of para-hydroxylation sites is 1. The fraction of sp³-hybridized carbons (Fsp3) is 0.500. The number of alkyl carbamates (subject to hydrolysis) is 1. The summed E-state index contributed by atoms with van der Waals surface area (Å²) in [6.07, 6.45) is -0.618. The van der Waals surface area contributed by atoms with E-state index in [1.165, 1.54) is 0 Å². The fourth-order valence-electron chi connectivity index (χ4n) is 1.87. The molecule has 0 radical (unpaired) electrons. The van der Waals surface area contributed by atoms with E-state index in [1.807, 2.05) is 18.2 Å². The highest BCUT2D eigenvalue weighted by atomic mass is 79.9. The summed E-state index contributed by atoms with van der Waals surface area (Å²) in [4.78, 5) is 11.0. The van der Waals surface area contributed by atoms with Gasteiger partial charge in [-0.05, 0) is 22.0 Å². The van der Waals surface area contributed by atoms with E-state index in [4.69, 9.17) is 9.47 Å². The predicted molar refractivity (Wildman–Crippen MR) is 79.9 cm³/mol. The van der Waals surface area contributed by atoms with Gasteiger partial charge in [-0.15, -0.1) is 0 Å². The summed E-state index contributed by atoms with van der Waals surface area (Å²) in [5.41, 5.74) is 1.07. The van der Waals surface area contributed by atoms with Crippen LogP contribution >= 0.6 is 15.9 Å². The first-order valence-electron chi connectivity index (χ1n) is 6.64. The minimum atomic E-state index is -0.382. The monoisotopic (exact) mass is 342 g/mol. The molecule has 0 spiro atoms. The lowest BCUT2D eigenvalue weighted by atomic mass is 10.2. The number of ether oxygens (including phenoxy) is 2. The number of cyclic esters (lactones) is 1. The molecule has 5 nitrogen and oxygen atoms in total. The molecule has 20 heavy (non-hydrogen) atoms. The third-order valence-electron chi connectivity index (χ3n) is 2.91. The number of amides is 1. The van der Waals surface area contributed by atoms with Crippen LogP contribution in [0.25, 0.3) is 0 Å². The number of hydrogen-bond donors (Lipinski definition) is 2. The lowest BCUT2D eigenvalue weighted by molar-refractivity contribution is 0.104. The molecular formula is C14H19BrN2O3. The molecule has 0 bridgehead atoms. The molecule has 1 aromatic rings. The van der Waals surface area contributed by atoms with Crippen LogP contribution in [0.5, 0.6) is 5.75 Å². The van der Waals surface area contributed by atoms with Gasteiger partial charge in [-0.2, -0.15) is 0 Å². The number of rotatable bonds is 6. The number of benzene rings is 1. The molecule has 110 valence electrons. The van der Waals surface area contributed by atoms with Gasteiger partial charge in [-0.1, -0.05) is 26.0 Å². The van der Waals surface area contributed by atoms with Gasteiger partial charge >= 0.3 is 6.09 Å². The maximum atomic E-state index is 11.0. The molecule has 2 N–H and O–H groups in total. The first kappa shape index (κ1) is 15.1. The molecule has 1 saturated heterocycles. The molecule has 1 amide bonds. The SMILES string of the molecule is CC(C)NCc1cccc(Br)c1OCC1CNC(=O)O1. The van der Waals surface area contributed by atoms with E-state index in [2.05, 4.69) is 40.4 Å². The summed E-state index contributed by atoms with van der Waals surface area (Å²) in [6.45, 7) is 5.76. The van der Waals surface area contributed by atoms with Gasteiger partial charge in [0.1, 0.15) is 12.4 Å². The summed E-state index contributed by atoms with van der Waals surface area (Å²) in [5.74, 6) is 0.795. The van der Waals surface area contributed by atoms with Crippen molar-refractivity contribution < 1.29 is 14.3 Å². The van der Waals surface area contributed by atoms with E-state index in [0.717, 1.165) is 22.3 Å². The second-order valence-electron chi connectivity index (χ2n) is 4.98. The number of carbonyl (C=O) groups excluding carboxylic acids is 1. The molecule has 1 heterocycles. The minimum Gasteiger partial charge on any atom is -0.488 e. The highest BCUT2D eigenvalue weighted by Gasteiger charge is 2.23. The van der Waals surface area contributed by atoms with Crippen molar-refractivity contribution in [3.8, 4) is 5.75 Å². The zero-order valence-corrected chi connectivity index (χ0v) is 13.2. The van der Waals surface area contributed by atoms with Gasteiger partial charge in [0.05, 0.1) is 11.0 Å². The van der Waals surface area contributed by atoms with E-state index in [-0.39, 0.29) is 12.2 Å². The molecule has 6 heteroatoms. The quantitative estimate of drug-likeness (QED) is 0.833. The Morgan fingerprint density at radius 2 is 2.35 bits per heavy atom. The molecule has 1 atom stereocenters. The summed E-state index contributed by atoms with van der Waals surface area (Å²) >= 11 is 3.50. The lowest BCUT2D eigenvalue weighted by Crippen LogP contribution is -2.24. The van der Waals surface area contributed by atoms with Crippen LogP contribution in [0.1, 0.15) is 19.4 Å². The Labute approximate surface area is 127 Å². The van der Waals surface area contributed by atoms with Gasteiger partial charge in [-0.25, -0.2) is 4.79 Å². The lowest BCUT2D eigenvalue weighted by Gasteiger charge is -2.16. The highest BCUT2D eigenvalue weighted by molar-refractivity contribution is 9.10. The van der Waals surface area contributed by atoms with Crippen LogP contribution in [-0.2, 0) is 11.3 Å².